The summed E-state index contributed by atoms with van der Waals surface area (Å²) in [4.78, 5) is 9.44. The number of benzene rings is 6. The summed E-state index contributed by atoms with van der Waals surface area (Å²) in [5, 5.41) is 6.16. The Morgan fingerprint density at radius 3 is 2.31 bits per heavy atom. The van der Waals surface area contributed by atoms with E-state index in [1.165, 1.54) is 42.0 Å². The lowest BCUT2D eigenvalue weighted by Crippen LogP contribution is -1.95. The Morgan fingerprint density at radius 1 is 0.556 bits per heavy atom. The molecule has 0 aliphatic heterocycles. The molecule has 210 valence electrons. The summed E-state index contributed by atoms with van der Waals surface area (Å²) in [5.74, 6) is 0. The van der Waals surface area contributed by atoms with Crippen LogP contribution in [-0.4, -0.2) is 14.5 Å². The molecule has 10 rings (SSSR count). The van der Waals surface area contributed by atoms with Crippen LogP contribution in [0.2, 0.25) is 0 Å². The maximum atomic E-state index is 6.45. The number of para-hydroxylation sites is 1. The van der Waals surface area contributed by atoms with Crippen molar-refractivity contribution < 1.29 is 4.42 Å². The smallest absolute Gasteiger partial charge is 0.180 e. The van der Waals surface area contributed by atoms with Crippen molar-refractivity contribution >= 4 is 75.4 Å². The van der Waals surface area contributed by atoms with E-state index in [1.807, 2.05) is 23.5 Å². The minimum atomic E-state index is 0.698. The molecule has 45 heavy (non-hydrogen) atoms. The minimum Gasteiger partial charge on any atom is -0.452 e. The fourth-order valence-electron chi connectivity index (χ4n) is 6.90. The number of fused-ring (bicyclic) bond motifs is 10. The first-order valence-electron chi connectivity index (χ1n) is 15.0. The molecule has 4 nitrogen and oxygen atoms in total. The molecule has 0 unspecified atom stereocenters. The average molecular weight is 594 g/mol. The van der Waals surface area contributed by atoms with Gasteiger partial charge in [0.1, 0.15) is 23.1 Å². The average Bonchev–Trinajstić information content (AvgIpc) is 3.78. The zero-order chi connectivity index (χ0) is 29.5. The molecule has 6 aromatic carbocycles. The van der Waals surface area contributed by atoms with Gasteiger partial charge < -0.3 is 8.98 Å². The van der Waals surface area contributed by atoms with E-state index in [1.54, 1.807) is 6.33 Å². The van der Waals surface area contributed by atoms with Gasteiger partial charge in [0.05, 0.1) is 11.0 Å². The summed E-state index contributed by atoms with van der Waals surface area (Å²) in [6.45, 7) is 0. The van der Waals surface area contributed by atoms with Gasteiger partial charge in [-0.15, -0.1) is 11.3 Å². The van der Waals surface area contributed by atoms with Crippen LogP contribution in [0, 0.1) is 0 Å². The van der Waals surface area contributed by atoms with E-state index in [-0.39, 0.29) is 0 Å². The molecule has 0 N–H and O–H groups in total. The van der Waals surface area contributed by atoms with Crippen LogP contribution in [0.4, 0.5) is 0 Å². The monoisotopic (exact) mass is 593 g/mol. The summed E-state index contributed by atoms with van der Waals surface area (Å²) in [6, 6.07) is 47.3. The van der Waals surface area contributed by atoms with Gasteiger partial charge in [-0.1, -0.05) is 91.0 Å². The van der Waals surface area contributed by atoms with E-state index in [4.69, 9.17) is 9.40 Å². The number of rotatable bonds is 3. The molecule has 0 aliphatic rings. The molecule has 0 spiro atoms. The highest BCUT2D eigenvalue weighted by molar-refractivity contribution is 7.26. The van der Waals surface area contributed by atoms with Crippen molar-refractivity contribution in [2.75, 3.05) is 0 Å². The fourth-order valence-corrected chi connectivity index (χ4v) is 8.16. The van der Waals surface area contributed by atoms with Crippen LogP contribution in [0.15, 0.2) is 144 Å². The first-order chi connectivity index (χ1) is 22.3. The molecule has 0 saturated heterocycles. The molecule has 5 heteroatoms. The van der Waals surface area contributed by atoms with Crippen molar-refractivity contribution in [1.29, 1.82) is 0 Å². The second-order valence-corrected chi connectivity index (χ2v) is 12.5. The van der Waals surface area contributed by atoms with E-state index >= 15 is 0 Å². The van der Waals surface area contributed by atoms with Crippen LogP contribution in [0.1, 0.15) is 0 Å². The Morgan fingerprint density at radius 2 is 1.38 bits per heavy atom. The molecular formula is C40H23N3OS. The predicted molar refractivity (Wildman–Crippen MR) is 187 cm³/mol. The third kappa shape index (κ3) is 3.59. The molecule has 0 atom stereocenters. The molecular weight excluding hydrogens is 571 g/mol. The summed E-state index contributed by atoms with van der Waals surface area (Å²) >= 11 is 1.87. The fraction of sp³-hybridized carbons (Fsp3) is 0. The number of aromatic nitrogens is 3. The maximum Gasteiger partial charge on any atom is 0.180 e. The third-order valence-electron chi connectivity index (χ3n) is 8.92. The van der Waals surface area contributed by atoms with Crippen LogP contribution in [0.5, 0.6) is 0 Å². The highest BCUT2D eigenvalue weighted by Gasteiger charge is 2.19. The van der Waals surface area contributed by atoms with E-state index < -0.39 is 0 Å². The van der Waals surface area contributed by atoms with Gasteiger partial charge >= 0.3 is 0 Å². The topological polar surface area (TPSA) is 43.9 Å². The second-order valence-electron chi connectivity index (χ2n) is 11.4. The highest BCUT2D eigenvalue weighted by Crippen LogP contribution is 2.43. The molecule has 0 amide bonds. The Bertz CT molecular complexity index is 2770. The van der Waals surface area contributed by atoms with E-state index in [0.717, 1.165) is 44.6 Å². The van der Waals surface area contributed by atoms with E-state index in [2.05, 4.69) is 131 Å². The van der Waals surface area contributed by atoms with Gasteiger partial charge in [0.25, 0.3) is 0 Å². The minimum absolute atomic E-state index is 0.698. The number of thiophene rings is 1. The SMILES string of the molecule is c1ccc(-c2ccc3oc4c(-c5cccc(-n6c7ccccc7c7c8sc9ccccc9c8ccc76)c5)ncnc4c3c2)cc1. The molecule has 0 saturated carbocycles. The molecule has 10 aromatic rings. The van der Waals surface area contributed by atoms with Gasteiger partial charge in [-0.25, -0.2) is 9.97 Å². The molecule has 4 aromatic heterocycles. The highest BCUT2D eigenvalue weighted by atomic mass is 32.1. The zero-order valence-electron chi connectivity index (χ0n) is 23.9. The molecule has 0 radical (unpaired) electrons. The zero-order valence-corrected chi connectivity index (χ0v) is 24.8. The van der Waals surface area contributed by atoms with Crippen molar-refractivity contribution in [1.82, 2.24) is 14.5 Å². The van der Waals surface area contributed by atoms with Crippen LogP contribution < -0.4 is 0 Å². The Kier molecular flexibility index (Phi) is 5.12. The number of nitrogens with zero attached hydrogens (tertiary/aromatic N) is 3. The molecule has 0 bridgehead atoms. The van der Waals surface area contributed by atoms with Crippen molar-refractivity contribution in [3.8, 4) is 28.1 Å². The lowest BCUT2D eigenvalue weighted by Gasteiger charge is -2.10. The van der Waals surface area contributed by atoms with Gasteiger partial charge in [0.15, 0.2) is 5.58 Å². The van der Waals surface area contributed by atoms with Gasteiger partial charge in [0.2, 0.25) is 0 Å². The van der Waals surface area contributed by atoms with Gasteiger partial charge in [-0.05, 0) is 53.6 Å². The first kappa shape index (κ1) is 24.6. The van der Waals surface area contributed by atoms with Gasteiger partial charge in [-0.2, -0.15) is 0 Å². The van der Waals surface area contributed by atoms with Crippen molar-refractivity contribution in [3.63, 3.8) is 0 Å². The predicted octanol–water partition coefficient (Wildman–Crippen LogP) is 11.2. The summed E-state index contributed by atoms with van der Waals surface area (Å²) in [6.07, 6.45) is 1.65. The standard InChI is InChI=1S/C40H23N3OS/c1-2-9-24(10-3-1)25-17-20-34-31(22-25)38-39(44-34)37(41-23-42-38)26-11-8-12-27(21-26)43-32-15-6-4-14-30(32)36-33(43)19-18-29-28-13-5-7-16-35(28)45-40(29)36/h1-23H. The van der Waals surface area contributed by atoms with Crippen LogP contribution in [0.3, 0.4) is 0 Å². The van der Waals surface area contributed by atoms with Crippen LogP contribution in [0.25, 0.3) is 92.1 Å². The summed E-state index contributed by atoms with van der Waals surface area (Å²) < 4.78 is 11.5. The van der Waals surface area contributed by atoms with Crippen molar-refractivity contribution in [2.24, 2.45) is 0 Å². The van der Waals surface area contributed by atoms with Gasteiger partial charge in [-0.3, -0.25) is 0 Å². The summed E-state index contributed by atoms with van der Waals surface area (Å²) in [5.41, 5.74) is 9.83. The largest absolute Gasteiger partial charge is 0.452 e. The van der Waals surface area contributed by atoms with Crippen molar-refractivity contribution in [3.05, 3.63) is 140 Å². The Balaban J connectivity index is 1.18. The van der Waals surface area contributed by atoms with E-state index in [0.29, 0.717) is 5.58 Å². The third-order valence-corrected chi connectivity index (χ3v) is 10.1. The lowest BCUT2D eigenvalue weighted by atomic mass is 10.0. The Labute approximate surface area is 261 Å². The van der Waals surface area contributed by atoms with Crippen LogP contribution >= 0.6 is 11.3 Å². The lowest BCUT2D eigenvalue weighted by molar-refractivity contribution is 0.667. The Hall–Kier alpha value is -5.78. The molecule has 4 heterocycles. The van der Waals surface area contributed by atoms with E-state index in [9.17, 15) is 0 Å². The maximum absolute atomic E-state index is 6.45. The second kappa shape index (κ2) is 9.36. The molecule has 0 aliphatic carbocycles. The van der Waals surface area contributed by atoms with Crippen molar-refractivity contribution in [2.45, 2.75) is 0 Å². The number of furan rings is 1. The van der Waals surface area contributed by atoms with Crippen LogP contribution in [-0.2, 0) is 0 Å². The summed E-state index contributed by atoms with van der Waals surface area (Å²) in [7, 11) is 0. The number of hydrogen-bond donors (Lipinski definition) is 0. The molecule has 0 fully saturated rings. The first-order valence-corrected chi connectivity index (χ1v) is 15.8. The quantitative estimate of drug-likeness (QED) is 0.205. The van der Waals surface area contributed by atoms with Gasteiger partial charge in [0, 0.05) is 47.6 Å². The normalized spacial score (nSPS) is 12.0. The number of hydrogen-bond acceptors (Lipinski definition) is 4.